The second kappa shape index (κ2) is 8.42. The van der Waals surface area contributed by atoms with Gasteiger partial charge in [-0.15, -0.1) is 0 Å². The molecule has 1 atom stereocenters. The van der Waals surface area contributed by atoms with Gasteiger partial charge in [0.25, 0.3) is 0 Å². The lowest BCUT2D eigenvalue weighted by atomic mass is 10.2. The van der Waals surface area contributed by atoms with Gasteiger partial charge in [-0.2, -0.15) is 0 Å². The first-order valence-electron chi connectivity index (χ1n) is 6.30. The Kier molecular flexibility index (Phi) is 7.67. The van der Waals surface area contributed by atoms with E-state index in [0.29, 0.717) is 26.3 Å². The topological polar surface area (TPSA) is 139 Å². The normalized spacial score (nSPS) is 18.9. The van der Waals surface area contributed by atoms with Crippen molar-refractivity contribution in [1.82, 2.24) is 4.90 Å². The molecular formula is C12H22N2O7. The van der Waals surface area contributed by atoms with Crippen molar-refractivity contribution >= 4 is 18.0 Å². The number of carbonyl (C=O) groups excluding carboxylic acids is 1. The Balaban J connectivity index is 0.000000567. The van der Waals surface area contributed by atoms with E-state index >= 15 is 0 Å². The van der Waals surface area contributed by atoms with Crippen LogP contribution in [0.5, 0.6) is 0 Å². The monoisotopic (exact) mass is 306 g/mol. The smallest absolute Gasteiger partial charge is 0.414 e. The lowest BCUT2D eigenvalue weighted by Crippen LogP contribution is -2.43. The predicted octanol–water partition coefficient (Wildman–Crippen LogP) is -0.263. The number of aliphatic carboxylic acids is 2. The van der Waals surface area contributed by atoms with E-state index in [-0.39, 0.29) is 12.1 Å². The molecule has 1 saturated heterocycles. The largest absolute Gasteiger partial charge is 0.473 e. The molecule has 0 aliphatic carbocycles. The molecule has 0 saturated carbocycles. The van der Waals surface area contributed by atoms with E-state index in [2.05, 4.69) is 0 Å². The Hall–Kier alpha value is -1.87. The summed E-state index contributed by atoms with van der Waals surface area (Å²) in [5.74, 6) is -3.65. The Morgan fingerprint density at radius 2 is 1.76 bits per heavy atom. The molecule has 0 aromatic carbocycles. The standard InChI is InChI=1S/C10H20N2O3.C2H2O4/c1-10(2,3)15-9(13)12-4-5-14-7-8(11)6-12;3-1(4)2(5)6/h8H,4-7,11H2,1-3H3;(H,3,4)(H,5,6). The number of rotatable bonds is 0. The van der Waals surface area contributed by atoms with E-state index in [1.165, 1.54) is 0 Å². The van der Waals surface area contributed by atoms with Crippen LogP contribution in [-0.2, 0) is 19.1 Å². The molecule has 0 bridgehead atoms. The predicted molar refractivity (Wildman–Crippen MR) is 71.9 cm³/mol. The number of nitrogens with zero attached hydrogens (tertiary/aromatic N) is 1. The maximum atomic E-state index is 11.7. The summed E-state index contributed by atoms with van der Waals surface area (Å²) in [5, 5.41) is 14.8. The van der Waals surface area contributed by atoms with Crippen molar-refractivity contribution < 1.29 is 34.1 Å². The number of carboxylic acids is 2. The van der Waals surface area contributed by atoms with Gasteiger partial charge in [0.05, 0.1) is 13.2 Å². The number of nitrogens with two attached hydrogens (primary N) is 1. The van der Waals surface area contributed by atoms with Crippen LogP contribution >= 0.6 is 0 Å². The lowest BCUT2D eigenvalue weighted by Gasteiger charge is -2.26. The summed E-state index contributed by atoms with van der Waals surface area (Å²) >= 11 is 0. The first-order valence-corrected chi connectivity index (χ1v) is 6.30. The van der Waals surface area contributed by atoms with Crippen LogP contribution in [0.4, 0.5) is 4.79 Å². The molecule has 0 spiro atoms. The number of ether oxygens (including phenoxy) is 2. The summed E-state index contributed by atoms with van der Waals surface area (Å²) in [4.78, 5) is 31.5. The number of carboxylic acid groups (broad SMARTS) is 2. The Bertz CT molecular complexity index is 366. The summed E-state index contributed by atoms with van der Waals surface area (Å²) in [6.07, 6.45) is -0.316. The van der Waals surface area contributed by atoms with Crippen molar-refractivity contribution in [2.24, 2.45) is 5.73 Å². The average Bonchev–Trinajstić information content (AvgIpc) is 2.52. The third-order valence-corrected chi connectivity index (χ3v) is 2.13. The molecule has 21 heavy (non-hydrogen) atoms. The molecule has 1 aliphatic heterocycles. The van der Waals surface area contributed by atoms with Gasteiger partial charge in [0, 0.05) is 19.1 Å². The van der Waals surface area contributed by atoms with Gasteiger partial charge >= 0.3 is 18.0 Å². The van der Waals surface area contributed by atoms with E-state index < -0.39 is 17.5 Å². The van der Waals surface area contributed by atoms with Crippen molar-refractivity contribution in [3.8, 4) is 0 Å². The highest BCUT2D eigenvalue weighted by molar-refractivity contribution is 6.27. The minimum Gasteiger partial charge on any atom is -0.473 e. The van der Waals surface area contributed by atoms with Crippen LogP contribution in [0.3, 0.4) is 0 Å². The van der Waals surface area contributed by atoms with Gasteiger partial charge in [0.15, 0.2) is 0 Å². The summed E-state index contributed by atoms with van der Waals surface area (Å²) < 4.78 is 10.5. The maximum absolute atomic E-state index is 11.7. The highest BCUT2D eigenvalue weighted by Gasteiger charge is 2.25. The molecule has 1 unspecified atom stereocenters. The van der Waals surface area contributed by atoms with Crippen molar-refractivity contribution in [3.63, 3.8) is 0 Å². The fourth-order valence-electron chi connectivity index (χ4n) is 1.33. The first-order chi connectivity index (χ1) is 9.53. The first kappa shape index (κ1) is 19.1. The molecular weight excluding hydrogens is 284 g/mol. The van der Waals surface area contributed by atoms with Gasteiger partial charge in [-0.25, -0.2) is 14.4 Å². The summed E-state index contributed by atoms with van der Waals surface area (Å²) in [5.41, 5.74) is 5.29. The van der Waals surface area contributed by atoms with Crippen molar-refractivity contribution in [1.29, 1.82) is 0 Å². The fourth-order valence-corrected chi connectivity index (χ4v) is 1.33. The molecule has 1 rings (SSSR count). The van der Waals surface area contributed by atoms with Crippen LogP contribution in [0.1, 0.15) is 20.8 Å². The molecule has 1 amide bonds. The summed E-state index contributed by atoms with van der Waals surface area (Å²) in [6, 6.07) is -0.125. The lowest BCUT2D eigenvalue weighted by molar-refractivity contribution is -0.159. The molecule has 9 heteroatoms. The molecule has 0 radical (unpaired) electrons. The number of hydrogen-bond donors (Lipinski definition) is 3. The van der Waals surface area contributed by atoms with E-state index in [4.69, 9.17) is 35.0 Å². The highest BCUT2D eigenvalue weighted by Crippen LogP contribution is 2.11. The van der Waals surface area contributed by atoms with Gasteiger partial charge in [-0.1, -0.05) is 0 Å². The van der Waals surface area contributed by atoms with Crippen molar-refractivity contribution in [2.75, 3.05) is 26.3 Å². The molecule has 122 valence electrons. The fraction of sp³-hybridized carbons (Fsp3) is 0.750. The van der Waals surface area contributed by atoms with Gasteiger partial charge in [-0.3, -0.25) is 0 Å². The molecule has 0 aromatic rings. The van der Waals surface area contributed by atoms with Gasteiger partial charge in [0.2, 0.25) is 0 Å². The molecule has 1 aliphatic rings. The zero-order valence-electron chi connectivity index (χ0n) is 12.4. The second-order valence-electron chi connectivity index (χ2n) is 5.37. The van der Waals surface area contributed by atoms with Crippen LogP contribution in [0.2, 0.25) is 0 Å². The Morgan fingerprint density at radius 1 is 1.24 bits per heavy atom. The van der Waals surface area contributed by atoms with Gasteiger partial charge in [0.1, 0.15) is 5.60 Å². The SMILES string of the molecule is CC(C)(C)OC(=O)N1CCOCC(N)C1.O=C(O)C(=O)O. The maximum Gasteiger partial charge on any atom is 0.414 e. The molecule has 0 aromatic heterocycles. The van der Waals surface area contributed by atoms with Crippen LogP contribution in [0, 0.1) is 0 Å². The average molecular weight is 306 g/mol. The highest BCUT2D eigenvalue weighted by atomic mass is 16.6. The van der Waals surface area contributed by atoms with Crippen LogP contribution in [-0.4, -0.2) is 71.1 Å². The van der Waals surface area contributed by atoms with Crippen LogP contribution in [0.25, 0.3) is 0 Å². The molecule has 4 N–H and O–H groups in total. The van der Waals surface area contributed by atoms with Crippen LogP contribution in [0.15, 0.2) is 0 Å². The number of carbonyl (C=O) groups is 3. The number of hydrogen-bond acceptors (Lipinski definition) is 6. The molecule has 1 heterocycles. The third kappa shape index (κ3) is 9.63. The van der Waals surface area contributed by atoms with Crippen molar-refractivity contribution in [2.45, 2.75) is 32.4 Å². The van der Waals surface area contributed by atoms with E-state index in [9.17, 15) is 4.79 Å². The van der Waals surface area contributed by atoms with Gasteiger partial charge < -0.3 is 30.3 Å². The van der Waals surface area contributed by atoms with E-state index in [1.807, 2.05) is 20.8 Å². The molecule has 1 fully saturated rings. The van der Waals surface area contributed by atoms with Gasteiger partial charge in [-0.05, 0) is 20.8 Å². The van der Waals surface area contributed by atoms with E-state index in [0.717, 1.165) is 0 Å². The zero-order chi connectivity index (χ0) is 16.6. The quantitative estimate of drug-likeness (QED) is 0.520. The van der Waals surface area contributed by atoms with Crippen molar-refractivity contribution in [3.05, 3.63) is 0 Å². The second-order valence-corrected chi connectivity index (χ2v) is 5.37. The zero-order valence-corrected chi connectivity index (χ0v) is 12.4. The molecule has 9 nitrogen and oxygen atoms in total. The Morgan fingerprint density at radius 3 is 2.19 bits per heavy atom. The minimum atomic E-state index is -1.82. The minimum absolute atomic E-state index is 0.125. The van der Waals surface area contributed by atoms with E-state index in [1.54, 1.807) is 4.90 Å². The Labute approximate surface area is 122 Å². The number of amides is 1. The summed E-state index contributed by atoms with van der Waals surface area (Å²) in [6.45, 7) is 7.60. The third-order valence-electron chi connectivity index (χ3n) is 2.13. The summed E-state index contributed by atoms with van der Waals surface area (Å²) in [7, 11) is 0. The van der Waals surface area contributed by atoms with Crippen LogP contribution < -0.4 is 5.73 Å².